The average molecular weight is 469 g/mol. The molecule has 0 heterocycles. The van der Waals surface area contributed by atoms with E-state index in [0.717, 1.165) is 54.8 Å². The van der Waals surface area contributed by atoms with Gasteiger partial charge >= 0.3 is 0 Å². The number of rotatable bonds is 5. The maximum Gasteiger partial charge on any atom is 0.0682 e. The minimum atomic E-state index is -0.427. The summed E-state index contributed by atoms with van der Waals surface area (Å²) in [6.45, 7) is 15.1. The fourth-order valence-corrected chi connectivity index (χ4v) is 10.4. The molecule has 4 saturated carbocycles. The van der Waals surface area contributed by atoms with Crippen LogP contribution in [0.2, 0.25) is 0 Å². The second-order valence-corrected chi connectivity index (χ2v) is 15.4. The van der Waals surface area contributed by atoms with Crippen LogP contribution in [0.25, 0.3) is 0 Å². The molecule has 8 atom stereocenters. The topological polar surface area (TPSA) is 20.2 Å². The van der Waals surface area contributed by atoms with E-state index in [-0.39, 0.29) is 0 Å². The Hall–Kier alpha value is -0.300. The van der Waals surface area contributed by atoms with Gasteiger partial charge in [-0.25, -0.2) is 0 Å². The van der Waals surface area contributed by atoms with Crippen LogP contribution in [0.1, 0.15) is 138 Å². The van der Waals surface area contributed by atoms with Crippen LogP contribution in [-0.2, 0) is 0 Å². The van der Waals surface area contributed by atoms with Crippen molar-refractivity contribution in [2.45, 2.75) is 143 Å². The zero-order valence-corrected chi connectivity index (χ0v) is 23.6. The van der Waals surface area contributed by atoms with Crippen molar-refractivity contribution in [3.63, 3.8) is 0 Å². The van der Waals surface area contributed by atoms with Crippen molar-refractivity contribution in [2.24, 2.45) is 51.8 Å². The lowest BCUT2D eigenvalue weighted by molar-refractivity contribution is -0.0756. The van der Waals surface area contributed by atoms with Gasteiger partial charge in [0.25, 0.3) is 0 Å². The van der Waals surface area contributed by atoms with E-state index in [2.05, 4.69) is 47.6 Å². The third-order valence-electron chi connectivity index (χ3n) is 13.2. The molecule has 194 valence electrons. The van der Waals surface area contributed by atoms with Gasteiger partial charge in [-0.15, -0.1) is 0 Å². The Morgan fingerprint density at radius 3 is 2.35 bits per heavy atom. The van der Waals surface area contributed by atoms with E-state index in [0.29, 0.717) is 16.2 Å². The Morgan fingerprint density at radius 2 is 1.65 bits per heavy atom. The molecule has 1 N–H and O–H groups in total. The second-order valence-electron chi connectivity index (χ2n) is 15.4. The normalized spacial score (nSPS) is 47.3. The standard InChI is InChI=1S/C33H56O/c1-7-33(34)21-20-31(5)25(22-33)10-11-26-28-13-12-27(32(28,6)19-16-29(26)31)23(2)8-9-24-14-17-30(3,4)18-15-24/h10,23-24,26-29,34H,7-9,11-22H2,1-6H3/t23-,26?,27?,28?,29?,31?,32?,33+/m1/s1. The minimum absolute atomic E-state index is 0.365. The van der Waals surface area contributed by atoms with Gasteiger partial charge in [0, 0.05) is 0 Å². The molecular formula is C33H56O. The average Bonchev–Trinajstić information content (AvgIpc) is 3.16. The predicted octanol–water partition coefficient (Wildman–Crippen LogP) is 9.34. The first-order valence-electron chi connectivity index (χ1n) is 15.4. The summed E-state index contributed by atoms with van der Waals surface area (Å²) in [5, 5.41) is 11.0. The molecule has 5 rings (SSSR count). The molecule has 34 heavy (non-hydrogen) atoms. The molecular weight excluding hydrogens is 412 g/mol. The van der Waals surface area contributed by atoms with Crippen molar-refractivity contribution in [3.8, 4) is 0 Å². The maximum absolute atomic E-state index is 11.0. The van der Waals surface area contributed by atoms with Crippen LogP contribution in [0.5, 0.6) is 0 Å². The number of hydrogen-bond donors (Lipinski definition) is 1. The largest absolute Gasteiger partial charge is 0.390 e. The molecule has 0 aromatic rings. The Balaban J connectivity index is 1.25. The Morgan fingerprint density at radius 1 is 0.912 bits per heavy atom. The van der Waals surface area contributed by atoms with Crippen LogP contribution < -0.4 is 0 Å². The molecule has 0 amide bonds. The summed E-state index contributed by atoms with van der Waals surface area (Å²) in [4.78, 5) is 0. The Kier molecular flexibility index (Phi) is 6.65. The highest BCUT2D eigenvalue weighted by molar-refractivity contribution is 5.27. The quantitative estimate of drug-likeness (QED) is 0.398. The number of hydrogen-bond acceptors (Lipinski definition) is 1. The summed E-state index contributed by atoms with van der Waals surface area (Å²) >= 11 is 0. The van der Waals surface area contributed by atoms with Crippen molar-refractivity contribution in [2.75, 3.05) is 0 Å². The van der Waals surface area contributed by atoms with Crippen molar-refractivity contribution in [1.82, 2.24) is 0 Å². The molecule has 5 aliphatic rings. The van der Waals surface area contributed by atoms with E-state index in [4.69, 9.17) is 0 Å². The van der Waals surface area contributed by atoms with Gasteiger partial charge in [0.1, 0.15) is 0 Å². The summed E-state index contributed by atoms with van der Waals surface area (Å²) in [6, 6.07) is 0. The lowest BCUT2D eigenvalue weighted by Gasteiger charge is -2.59. The zero-order chi connectivity index (χ0) is 24.4. The predicted molar refractivity (Wildman–Crippen MR) is 145 cm³/mol. The van der Waals surface area contributed by atoms with Gasteiger partial charge in [-0.3, -0.25) is 0 Å². The van der Waals surface area contributed by atoms with Gasteiger partial charge in [-0.1, -0.05) is 66.0 Å². The molecule has 0 bridgehead atoms. The van der Waals surface area contributed by atoms with Crippen molar-refractivity contribution in [3.05, 3.63) is 11.6 Å². The molecule has 0 aromatic carbocycles. The smallest absolute Gasteiger partial charge is 0.0682 e. The third-order valence-corrected chi connectivity index (χ3v) is 13.2. The molecule has 1 heteroatoms. The first kappa shape index (κ1) is 25.4. The summed E-state index contributed by atoms with van der Waals surface area (Å²) in [5.74, 6) is 5.57. The van der Waals surface area contributed by atoms with E-state index in [1.54, 1.807) is 5.57 Å². The zero-order valence-electron chi connectivity index (χ0n) is 23.6. The van der Waals surface area contributed by atoms with Gasteiger partial charge < -0.3 is 5.11 Å². The van der Waals surface area contributed by atoms with Crippen molar-refractivity contribution < 1.29 is 5.11 Å². The summed E-state index contributed by atoms with van der Waals surface area (Å²) < 4.78 is 0. The molecule has 0 aromatic heterocycles. The molecule has 0 spiro atoms. The summed E-state index contributed by atoms with van der Waals surface area (Å²) in [7, 11) is 0. The minimum Gasteiger partial charge on any atom is -0.390 e. The van der Waals surface area contributed by atoms with E-state index >= 15 is 0 Å². The Bertz CT molecular complexity index is 769. The third kappa shape index (κ3) is 4.26. The van der Waals surface area contributed by atoms with Crippen LogP contribution in [0.3, 0.4) is 0 Å². The maximum atomic E-state index is 11.0. The lowest BCUT2D eigenvalue weighted by Crippen LogP contribution is -2.52. The van der Waals surface area contributed by atoms with Crippen molar-refractivity contribution in [1.29, 1.82) is 0 Å². The van der Waals surface area contributed by atoms with Gasteiger partial charge in [0.15, 0.2) is 0 Å². The summed E-state index contributed by atoms with van der Waals surface area (Å²) in [6.07, 6.45) is 22.7. The molecule has 0 radical (unpaired) electrons. The van der Waals surface area contributed by atoms with Gasteiger partial charge in [-0.2, -0.15) is 0 Å². The molecule has 1 nitrogen and oxygen atoms in total. The first-order chi connectivity index (χ1) is 16.0. The van der Waals surface area contributed by atoms with Crippen LogP contribution in [0, 0.1) is 51.8 Å². The fraction of sp³-hybridized carbons (Fsp3) is 0.939. The van der Waals surface area contributed by atoms with Gasteiger partial charge in [-0.05, 0) is 135 Å². The number of aliphatic hydroxyl groups is 1. The highest BCUT2D eigenvalue weighted by Crippen LogP contribution is 2.68. The van der Waals surface area contributed by atoms with E-state index < -0.39 is 5.60 Å². The molecule has 0 saturated heterocycles. The second kappa shape index (κ2) is 8.92. The highest BCUT2D eigenvalue weighted by Gasteiger charge is 2.59. The van der Waals surface area contributed by atoms with E-state index in [1.807, 2.05) is 0 Å². The molecule has 5 aliphatic carbocycles. The SMILES string of the molecule is CC[C@]1(O)CCC2(C)C(=CCC3C2CCC2(C)C3CCC2[C@H](C)CCC2CCC(C)(C)CC2)C1. The van der Waals surface area contributed by atoms with Gasteiger partial charge in [0.2, 0.25) is 0 Å². The highest BCUT2D eigenvalue weighted by atomic mass is 16.3. The van der Waals surface area contributed by atoms with Crippen LogP contribution in [-0.4, -0.2) is 10.7 Å². The first-order valence-corrected chi connectivity index (χ1v) is 15.4. The lowest BCUT2D eigenvalue weighted by atomic mass is 9.46. The van der Waals surface area contributed by atoms with Crippen molar-refractivity contribution >= 4 is 0 Å². The van der Waals surface area contributed by atoms with Crippen LogP contribution in [0.4, 0.5) is 0 Å². The van der Waals surface area contributed by atoms with E-state index in [9.17, 15) is 5.11 Å². The number of fused-ring (bicyclic) bond motifs is 5. The van der Waals surface area contributed by atoms with Crippen LogP contribution in [0.15, 0.2) is 11.6 Å². The Labute approximate surface area is 211 Å². The van der Waals surface area contributed by atoms with Crippen LogP contribution >= 0.6 is 0 Å². The van der Waals surface area contributed by atoms with E-state index in [1.165, 1.54) is 77.0 Å². The molecule has 0 aliphatic heterocycles. The van der Waals surface area contributed by atoms with Gasteiger partial charge in [0.05, 0.1) is 5.60 Å². The number of allylic oxidation sites excluding steroid dienone is 1. The fourth-order valence-electron chi connectivity index (χ4n) is 10.4. The summed E-state index contributed by atoms with van der Waals surface area (Å²) in [5.41, 5.74) is 2.75. The molecule has 4 fully saturated rings. The monoisotopic (exact) mass is 468 g/mol. The molecule has 6 unspecified atom stereocenters.